The third kappa shape index (κ3) is 5.50. The molecule has 0 aromatic heterocycles. The van der Waals surface area contributed by atoms with Crippen molar-refractivity contribution in [2.75, 3.05) is 0 Å². The first kappa shape index (κ1) is 21.8. The largest absolute Gasteiger partial charge is 0.296 e. The van der Waals surface area contributed by atoms with Crippen molar-refractivity contribution in [2.45, 2.75) is 45.1 Å². The molecule has 0 spiro atoms. The first-order valence-electron chi connectivity index (χ1n) is 8.99. The molecule has 0 saturated heterocycles. The van der Waals surface area contributed by atoms with Crippen molar-refractivity contribution in [3.63, 3.8) is 0 Å². The van der Waals surface area contributed by atoms with E-state index < -0.39 is 33.3 Å². The number of benzene rings is 2. The van der Waals surface area contributed by atoms with Gasteiger partial charge in [-0.15, -0.1) is 0 Å². The van der Waals surface area contributed by atoms with Gasteiger partial charge >= 0.3 is 0 Å². The molecule has 28 heavy (non-hydrogen) atoms. The second-order valence-corrected chi connectivity index (χ2v) is 9.10. The van der Waals surface area contributed by atoms with Gasteiger partial charge in [-0.3, -0.25) is 14.9 Å². The second kappa shape index (κ2) is 8.67. The summed E-state index contributed by atoms with van der Waals surface area (Å²) in [6.45, 7) is 6.00. The van der Waals surface area contributed by atoms with Gasteiger partial charge in [-0.25, -0.2) is 13.1 Å². The molecule has 0 aliphatic rings. The van der Waals surface area contributed by atoms with Gasteiger partial charge in [-0.2, -0.15) is 0 Å². The minimum atomic E-state index is -3.81. The summed E-state index contributed by atoms with van der Waals surface area (Å²) in [5, 5.41) is 2.21. The maximum atomic E-state index is 12.7. The topological polar surface area (TPSA) is 92.3 Å². The summed E-state index contributed by atoms with van der Waals surface area (Å²) in [4.78, 5) is 23.4. The maximum absolute atomic E-state index is 12.7. The molecule has 0 bridgehead atoms. The molecule has 2 amide bonds. The zero-order chi connectivity index (χ0) is 20.9. The van der Waals surface area contributed by atoms with E-state index in [0.29, 0.717) is 6.42 Å². The van der Waals surface area contributed by atoms with Gasteiger partial charge in [0, 0.05) is 13.0 Å². The van der Waals surface area contributed by atoms with Crippen molar-refractivity contribution >= 4 is 21.8 Å². The maximum Gasteiger partial charge on any atom is 0.240 e. The quantitative estimate of drug-likeness (QED) is 0.745. The van der Waals surface area contributed by atoms with Gasteiger partial charge in [0.25, 0.3) is 0 Å². The molecule has 2 aromatic rings. The average Bonchev–Trinajstić information content (AvgIpc) is 2.62. The number of carbonyl (C=O) groups is 2. The predicted molar refractivity (Wildman–Crippen MR) is 108 cm³/mol. The molecule has 0 unspecified atom stereocenters. The Kier molecular flexibility index (Phi) is 6.74. The highest BCUT2D eigenvalue weighted by Crippen LogP contribution is 2.23. The summed E-state index contributed by atoms with van der Waals surface area (Å²) in [5.41, 5.74) is 1.04. The van der Waals surface area contributed by atoms with E-state index in [9.17, 15) is 18.0 Å². The number of carbonyl (C=O) groups excluding carboxylic acids is 2. The molecule has 0 saturated carbocycles. The second-order valence-electron chi connectivity index (χ2n) is 7.38. The van der Waals surface area contributed by atoms with E-state index >= 15 is 0 Å². The Labute approximate surface area is 166 Å². The monoisotopic (exact) mass is 402 g/mol. The number of rotatable bonds is 7. The molecular weight excluding hydrogens is 376 g/mol. The molecule has 0 aliphatic carbocycles. The van der Waals surface area contributed by atoms with E-state index in [1.165, 1.54) is 6.92 Å². The van der Waals surface area contributed by atoms with Crippen LogP contribution < -0.4 is 10.0 Å². The van der Waals surface area contributed by atoms with Crippen LogP contribution in [0.3, 0.4) is 0 Å². The minimum Gasteiger partial charge on any atom is -0.296 e. The molecule has 1 atom stereocenters. The first-order chi connectivity index (χ1) is 13.0. The number of sulfonamides is 1. The Morgan fingerprint density at radius 1 is 0.964 bits per heavy atom. The van der Waals surface area contributed by atoms with E-state index in [4.69, 9.17) is 0 Å². The lowest BCUT2D eigenvalue weighted by Gasteiger charge is -2.30. The molecule has 7 heteroatoms. The van der Waals surface area contributed by atoms with Crippen molar-refractivity contribution in [2.24, 2.45) is 5.41 Å². The number of hydrogen-bond acceptors (Lipinski definition) is 4. The van der Waals surface area contributed by atoms with E-state index in [0.717, 1.165) is 11.1 Å². The highest BCUT2D eigenvalue weighted by atomic mass is 32.2. The Bertz CT molecular complexity index is 936. The lowest BCUT2D eigenvalue weighted by molar-refractivity contribution is -0.135. The van der Waals surface area contributed by atoms with Crippen LogP contribution in [0.2, 0.25) is 0 Å². The summed E-state index contributed by atoms with van der Waals surface area (Å²) in [6.07, 6.45) is 0.712. The van der Waals surface area contributed by atoms with E-state index in [2.05, 4.69) is 10.0 Å². The van der Waals surface area contributed by atoms with Gasteiger partial charge < -0.3 is 0 Å². The summed E-state index contributed by atoms with van der Waals surface area (Å²) in [5.74, 6) is -1.02. The summed E-state index contributed by atoms with van der Waals surface area (Å²) in [6, 6.07) is 15.8. The van der Waals surface area contributed by atoms with Crippen LogP contribution in [0.4, 0.5) is 0 Å². The van der Waals surface area contributed by atoms with Crippen LogP contribution in [0.25, 0.3) is 0 Å². The fraction of sp³-hybridized carbons (Fsp3) is 0.333. The normalized spacial score (nSPS) is 13.0. The van der Waals surface area contributed by atoms with E-state index in [-0.39, 0.29) is 4.90 Å². The van der Waals surface area contributed by atoms with Crippen LogP contribution in [-0.4, -0.2) is 26.3 Å². The van der Waals surface area contributed by atoms with Gasteiger partial charge in [0.2, 0.25) is 21.8 Å². The lowest BCUT2D eigenvalue weighted by Crippen LogP contribution is -2.51. The van der Waals surface area contributed by atoms with Crippen LogP contribution in [0.5, 0.6) is 0 Å². The zero-order valence-corrected chi connectivity index (χ0v) is 17.3. The molecule has 0 heterocycles. The Balaban J connectivity index is 2.11. The fourth-order valence-corrected chi connectivity index (χ4v) is 3.97. The highest BCUT2D eigenvalue weighted by Gasteiger charge is 2.37. The van der Waals surface area contributed by atoms with Crippen molar-refractivity contribution in [1.82, 2.24) is 10.0 Å². The molecular formula is C21H26N2O4S. The van der Waals surface area contributed by atoms with Crippen molar-refractivity contribution in [1.29, 1.82) is 0 Å². The van der Waals surface area contributed by atoms with Crippen LogP contribution in [0.15, 0.2) is 59.5 Å². The number of hydrogen-bond donors (Lipinski definition) is 2. The third-order valence-corrected chi connectivity index (χ3v) is 6.33. The van der Waals surface area contributed by atoms with Gasteiger partial charge in [-0.05, 0) is 50.5 Å². The van der Waals surface area contributed by atoms with Gasteiger partial charge in [-0.1, -0.05) is 42.5 Å². The van der Waals surface area contributed by atoms with Crippen molar-refractivity contribution in [3.05, 3.63) is 65.7 Å². The Morgan fingerprint density at radius 3 is 2.04 bits per heavy atom. The van der Waals surface area contributed by atoms with Gasteiger partial charge in [0.1, 0.15) is 0 Å². The fourth-order valence-electron chi connectivity index (χ4n) is 2.58. The van der Waals surface area contributed by atoms with Crippen LogP contribution in [-0.2, 0) is 26.0 Å². The molecule has 0 fully saturated rings. The molecule has 150 valence electrons. The van der Waals surface area contributed by atoms with Crippen molar-refractivity contribution in [3.8, 4) is 0 Å². The molecule has 2 rings (SSSR count). The lowest BCUT2D eigenvalue weighted by atomic mass is 9.85. The molecule has 0 radical (unpaired) electrons. The van der Waals surface area contributed by atoms with Crippen molar-refractivity contribution < 1.29 is 18.0 Å². The Morgan fingerprint density at radius 2 is 1.50 bits per heavy atom. The Hall–Kier alpha value is -2.51. The van der Waals surface area contributed by atoms with Crippen LogP contribution in [0.1, 0.15) is 38.8 Å². The molecule has 2 aromatic carbocycles. The van der Waals surface area contributed by atoms with Crippen LogP contribution >= 0.6 is 0 Å². The number of amides is 2. The highest BCUT2D eigenvalue weighted by molar-refractivity contribution is 7.89. The third-order valence-electron chi connectivity index (χ3n) is 4.77. The SMILES string of the molecule is CC(=O)NC(=O)C(C)(C)[C@@H](C)NS(=O)(=O)c1ccc(Cc2ccccc2)cc1. The van der Waals surface area contributed by atoms with E-state index in [1.54, 1.807) is 45.0 Å². The summed E-state index contributed by atoms with van der Waals surface area (Å²) in [7, 11) is -3.81. The van der Waals surface area contributed by atoms with Crippen LogP contribution in [0, 0.1) is 5.41 Å². The summed E-state index contributed by atoms with van der Waals surface area (Å²) >= 11 is 0. The molecule has 2 N–H and O–H groups in total. The van der Waals surface area contributed by atoms with Gasteiger partial charge in [0.15, 0.2) is 0 Å². The first-order valence-corrected chi connectivity index (χ1v) is 10.5. The average molecular weight is 403 g/mol. The zero-order valence-electron chi connectivity index (χ0n) is 16.5. The minimum absolute atomic E-state index is 0.124. The molecule has 6 nitrogen and oxygen atoms in total. The van der Waals surface area contributed by atoms with Gasteiger partial charge in [0.05, 0.1) is 10.3 Å². The summed E-state index contributed by atoms with van der Waals surface area (Å²) < 4.78 is 27.9. The van der Waals surface area contributed by atoms with E-state index in [1.807, 2.05) is 30.3 Å². The number of nitrogens with one attached hydrogen (secondary N) is 2. The smallest absolute Gasteiger partial charge is 0.240 e. The number of imide groups is 1. The molecule has 0 aliphatic heterocycles. The predicted octanol–water partition coefficient (Wildman–Crippen LogP) is 2.63. The standard InChI is InChI=1S/C21H26N2O4S/c1-15(21(3,4)20(25)22-16(2)24)23-28(26,27)19-12-10-18(11-13-19)14-17-8-6-5-7-9-17/h5-13,15,23H,14H2,1-4H3,(H,22,24,25)/t15-/m1/s1.